The maximum absolute atomic E-state index is 11.7. The van der Waals surface area contributed by atoms with E-state index in [0.717, 1.165) is 0 Å². The summed E-state index contributed by atoms with van der Waals surface area (Å²) in [5.41, 5.74) is 0.896. The fourth-order valence-electron chi connectivity index (χ4n) is 3.12. The number of methoxy groups -OCH3 is 3. The number of benzene rings is 2. The molecule has 2 aromatic carbocycles. The highest BCUT2D eigenvalue weighted by molar-refractivity contribution is 5.94. The molecule has 0 radical (unpaired) electrons. The van der Waals surface area contributed by atoms with Crippen LogP contribution >= 0.6 is 0 Å². The topological polar surface area (TPSA) is 104 Å². The van der Waals surface area contributed by atoms with Crippen molar-refractivity contribution in [3.05, 3.63) is 52.9 Å². The molecule has 29 heavy (non-hydrogen) atoms. The van der Waals surface area contributed by atoms with E-state index in [-0.39, 0.29) is 16.9 Å². The highest BCUT2D eigenvalue weighted by Gasteiger charge is 2.20. The molecule has 0 aliphatic heterocycles. The average molecular weight is 395 g/mol. The van der Waals surface area contributed by atoms with Gasteiger partial charge in [-0.15, -0.1) is 0 Å². The Morgan fingerprint density at radius 3 is 2.28 bits per heavy atom. The molecule has 8 nitrogen and oxygen atoms in total. The van der Waals surface area contributed by atoms with Gasteiger partial charge >= 0.3 is 5.63 Å². The summed E-state index contributed by atoms with van der Waals surface area (Å²) in [6, 6.07) is 11.1. The summed E-state index contributed by atoms with van der Waals surface area (Å²) >= 11 is 0. The summed E-state index contributed by atoms with van der Waals surface area (Å²) in [4.78, 5) is 11.7. The third kappa shape index (κ3) is 3.14. The standard InChI is InChI=1S/C21H17NO7/c1-25-16-8-12(9-17(26-2)21(16)27-3)15-10-13(22-29-15)19-14(23)6-4-11-5-7-18(24)28-20(11)19/h4-10,23H,1-3H3. The molecule has 0 saturated carbocycles. The van der Waals surface area contributed by atoms with Crippen molar-refractivity contribution in [1.29, 1.82) is 0 Å². The Morgan fingerprint density at radius 1 is 0.931 bits per heavy atom. The smallest absolute Gasteiger partial charge is 0.336 e. The predicted molar refractivity (Wildman–Crippen MR) is 105 cm³/mol. The lowest BCUT2D eigenvalue weighted by molar-refractivity contribution is 0.324. The molecule has 0 amide bonds. The van der Waals surface area contributed by atoms with Crippen molar-refractivity contribution in [3.63, 3.8) is 0 Å². The number of phenols is 1. The predicted octanol–water partition coefficient (Wildman–Crippen LogP) is 3.85. The van der Waals surface area contributed by atoms with Crippen LogP contribution in [0.5, 0.6) is 23.0 Å². The van der Waals surface area contributed by atoms with Crippen LogP contribution in [0.4, 0.5) is 0 Å². The summed E-state index contributed by atoms with van der Waals surface area (Å²) in [6.45, 7) is 0. The molecule has 1 N–H and O–H groups in total. The van der Waals surface area contributed by atoms with Gasteiger partial charge in [-0.2, -0.15) is 0 Å². The minimum Gasteiger partial charge on any atom is -0.507 e. The molecule has 0 bridgehead atoms. The van der Waals surface area contributed by atoms with Crippen LogP contribution in [0.2, 0.25) is 0 Å². The summed E-state index contributed by atoms with van der Waals surface area (Å²) in [7, 11) is 4.55. The molecule has 0 unspecified atom stereocenters. The van der Waals surface area contributed by atoms with Gasteiger partial charge < -0.3 is 28.3 Å². The van der Waals surface area contributed by atoms with Gasteiger partial charge in [-0.05, 0) is 30.3 Å². The Bertz CT molecular complexity index is 1230. The third-order valence-corrected chi connectivity index (χ3v) is 4.48. The number of aromatic hydroxyl groups is 1. The quantitative estimate of drug-likeness (QED) is 0.508. The van der Waals surface area contributed by atoms with Crippen molar-refractivity contribution in [2.75, 3.05) is 21.3 Å². The van der Waals surface area contributed by atoms with Crippen molar-refractivity contribution < 1.29 is 28.3 Å². The number of fused-ring (bicyclic) bond motifs is 1. The van der Waals surface area contributed by atoms with Crippen LogP contribution in [0, 0.1) is 0 Å². The summed E-state index contributed by atoms with van der Waals surface area (Å²) in [5.74, 6) is 1.68. The van der Waals surface area contributed by atoms with E-state index < -0.39 is 5.63 Å². The van der Waals surface area contributed by atoms with Crippen LogP contribution in [-0.4, -0.2) is 31.6 Å². The highest BCUT2D eigenvalue weighted by atomic mass is 16.5. The second-order valence-corrected chi connectivity index (χ2v) is 6.12. The minimum atomic E-state index is -0.530. The zero-order valence-electron chi connectivity index (χ0n) is 15.9. The molecule has 0 aliphatic carbocycles. The van der Waals surface area contributed by atoms with Crippen LogP contribution in [0.3, 0.4) is 0 Å². The summed E-state index contributed by atoms with van der Waals surface area (Å²) < 4.78 is 26.8. The Morgan fingerprint density at radius 2 is 1.62 bits per heavy atom. The van der Waals surface area contributed by atoms with Gasteiger partial charge in [0.25, 0.3) is 0 Å². The van der Waals surface area contributed by atoms with E-state index in [9.17, 15) is 9.90 Å². The number of phenolic OH excluding ortho intramolecular Hbond substituents is 1. The second kappa shape index (κ2) is 7.23. The molecule has 0 saturated heterocycles. The van der Waals surface area contributed by atoms with Gasteiger partial charge in [-0.3, -0.25) is 0 Å². The lowest BCUT2D eigenvalue weighted by Crippen LogP contribution is -1.96. The van der Waals surface area contributed by atoms with Gasteiger partial charge in [0.1, 0.15) is 11.4 Å². The van der Waals surface area contributed by atoms with Crippen LogP contribution in [0.25, 0.3) is 33.6 Å². The molecule has 0 spiro atoms. The Labute approximate surface area is 164 Å². The monoisotopic (exact) mass is 395 g/mol. The number of hydrogen-bond acceptors (Lipinski definition) is 8. The first-order valence-electron chi connectivity index (χ1n) is 8.59. The molecule has 148 valence electrons. The highest BCUT2D eigenvalue weighted by Crippen LogP contribution is 2.42. The second-order valence-electron chi connectivity index (χ2n) is 6.12. The van der Waals surface area contributed by atoms with E-state index in [1.165, 1.54) is 33.5 Å². The maximum Gasteiger partial charge on any atom is 0.336 e. The van der Waals surface area contributed by atoms with Gasteiger partial charge in [0.05, 0.1) is 26.9 Å². The summed E-state index contributed by atoms with van der Waals surface area (Å²) in [5, 5.41) is 15.1. The lowest BCUT2D eigenvalue weighted by Gasteiger charge is -2.12. The molecule has 0 fully saturated rings. The first-order chi connectivity index (χ1) is 14.0. The van der Waals surface area contributed by atoms with Gasteiger partial charge in [-0.25, -0.2) is 4.79 Å². The van der Waals surface area contributed by atoms with Crippen molar-refractivity contribution in [2.45, 2.75) is 0 Å². The molecular weight excluding hydrogens is 378 g/mol. The third-order valence-electron chi connectivity index (χ3n) is 4.48. The zero-order valence-corrected chi connectivity index (χ0v) is 15.9. The van der Waals surface area contributed by atoms with Crippen molar-refractivity contribution >= 4 is 11.0 Å². The molecule has 8 heteroatoms. The number of ether oxygens (including phenoxy) is 3. The van der Waals surface area contributed by atoms with E-state index in [4.69, 9.17) is 23.2 Å². The van der Waals surface area contributed by atoms with E-state index in [1.54, 1.807) is 30.3 Å². The van der Waals surface area contributed by atoms with Gasteiger partial charge in [0.15, 0.2) is 22.8 Å². The van der Waals surface area contributed by atoms with Crippen LogP contribution in [0.1, 0.15) is 0 Å². The first kappa shape index (κ1) is 18.4. The zero-order chi connectivity index (χ0) is 20.5. The lowest BCUT2D eigenvalue weighted by atomic mass is 10.0. The Balaban J connectivity index is 1.87. The average Bonchev–Trinajstić information content (AvgIpc) is 3.22. The molecule has 4 rings (SSSR count). The molecule has 0 atom stereocenters. The van der Waals surface area contributed by atoms with E-state index in [2.05, 4.69) is 5.16 Å². The minimum absolute atomic E-state index is 0.0865. The van der Waals surface area contributed by atoms with Crippen LogP contribution < -0.4 is 19.8 Å². The number of hydrogen-bond donors (Lipinski definition) is 1. The molecular formula is C21H17NO7. The van der Waals surface area contributed by atoms with Gasteiger partial charge in [0, 0.05) is 23.1 Å². The fraction of sp³-hybridized carbons (Fsp3) is 0.143. The number of rotatable bonds is 5. The van der Waals surface area contributed by atoms with E-state index in [1.807, 2.05) is 0 Å². The van der Waals surface area contributed by atoms with Gasteiger partial charge in [-0.1, -0.05) is 5.16 Å². The van der Waals surface area contributed by atoms with Crippen LogP contribution in [-0.2, 0) is 0 Å². The van der Waals surface area contributed by atoms with Crippen molar-refractivity contribution in [1.82, 2.24) is 5.16 Å². The maximum atomic E-state index is 11.7. The normalized spacial score (nSPS) is 10.9. The van der Waals surface area contributed by atoms with E-state index in [0.29, 0.717) is 39.7 Å². The first-order valence-corrected chi connectivity index (χ1v) is 8.59. The number of aromatic nitrogens is 1. The van der Waals surface area contributed by atoms with Crippen molar-refractivity contribution in [2.24, 2.45) is 0 Å². The Kier molecular flexibility index (Phi) is 4.59. The van der Waals surface area contributed by atoms with E-state index >= 15 is 0 Å². The molecule has 0 aliphatic rings. The fourth-order valence-corrected chi connectivity index (χ4v) is 3.12. The van der Waals surface area contributed by atoms with Crippen LogP contribution in [0.15, 0.2) is 56.2 Å². The molecule has 2 heterocycles. The molecule has 2 aromatic heterocycles. The SMILES string of the molecule is COc1cc(-c2cc(-c3c(O)ccc4ccc(=O)oc34)no2)cc(OC)c1OC. The van der Waals surface area contributed by atoms with Crippen molar-refractivity contribution in [3.8, 4) is 45.6 Å². The summed E-state index contributed by atoms with van der Waals surface area (Å²) in [6.07, 6.45) is 0. The van der Waals surface area contributed by atoms with Gasteiger partial charge in [0.2, 0.25) is 5.75 Å². The molecule has 4 aromatic rings. The largest absolute Gasteiger partial charge is 0.507 e. The number of nitrogens with zero attached hydrogens (tertiary/aromatic N) is 1. The Hall–Kier alpha value is -3.94.